The molecule has 0 saturated carbocycles. The van der Waals surface area contributed by atoms with E-state index in [-0.39, 0.29) is 0 Å². The predicted molar refractivity (Wildman–Crippen MR) is 53.0 cm³/mol. The van der Waals surface area contributed by atoms with Gasteiger partial charge >= 0.3 is 17.7 Å². The fourth-order valence-electron chi connectivity index (χ4n) is 1.66. The second-order valence-corrected chi connectivity index (χ2v) is 3.50. The highest BCUT2D eigenvalue weighted by molar-refractivity contribution is 6.31. The normalized spacial score (nSPS) is 18.1. The van der Waals surface area contributed by atoms with Crippen molar-refractivity contribution in [3.8, 4) is 0 Å². The van der Waals surface area contributed by atoms with Crippen molar-refractivity contribution in [2.45, 2.75) is 25.6 Å². The summed E-state index contributed by atoms with van der Waals surface area (Å²) in [4.78, 5) is 26.3. The molecule has 0 bridgehead atoms. The van der Waals surface area contributed by atoms with Crippen molar-refractivity contribution in [1.82, 2.24) is 4.98 Å². The molecule has 0 aliphatic carbocycles. The molecule has 5 nitrogen and oxygen atoms in total. The molecule has 1 aromatic rings. The average Bonchev–Trinajstić information content (AvgIpc) is 2.57. The number of esters is 2. The van der Waals surface area contributed by atoms with Gasteiger partial charge in [-0.3, -0.25) is 4.98 Å². The molecule has 0 aromatic carbocycles. The SMILES string of the molecule is CCCC1(c2ccccn2)OC(=O)C(=O)O1. The van der Waals surface area contributed by atoms with E-state index < -0.39 is 17.7 Å². The van der Waals surface area contributed by atoms with Gasteiger partial charge in [-0.1, -0.05) is 13.0 Å². The Balaban J connectivity index is 2.38. The van der Waals surface area contributed by atoms with Gasteiger partial charge in [0, 0.05) is 12.6 Å². The molecule has 0 atom stereocenters. The second kappa shape index (κ2) is 3.92. The maximum absolute atomic E-state index is 11.1. The van der Waals surface area contributed by atoms with E-state index in [1.165, 1.54) is 0 Å². The summed E-state index contributed by atoms with van der Waals surface area (Å²) in [6, 6.07) is 5.16. The molecule has 16 heavy (non-hydrogen) atoms. The molecule has 0 amide bonds. The summed E-state index contributed by atoms with van der Waals surface area (Å²) < 4.78 is 10.0. The highest BCUT2D eigenvalue weighted by atomic mass is 16.8. The molecule has 0 unspecified atom stereocenters. The Morgan fingerprint density at radius 2 is 1.94 bits per heavy atom. The molecule has 1 aromatic heterocycles. The van der Waals surface area contributed by atoms with Gasteiger partial charge in [0.25, 0.3) is 0 Å². The zero-order chi connectivity index (χ0) is 11.6. The third-order valence-corrected chi connectivity index (χ3v) is 2.32. The van der Waals surface area contributed by atoms with Crippen molar-refractivity contribution in [3.63, 3.8) is 0 Å². The Kier molecular flexibility index (Phi) is 2.60. The van der Waals surface area contributed by atoms with Gasteiger partial charge in [-0.2, -0.15) is 0 Å². The molecule has 1 aliphatic heterocycles. The van der Waals surface area contributed by atoms with Crippen LogP contribution in [0.1, 0.15) is 25.5 Å². The number of carbonyl (C=O) groups excluding carboxylic acids is 2. The van der Waals surface area contributed by atoms with Crippen molar-refractivity contribution < 1.29 is 19.1 Å². The fraction of sp³-hybridized carbons (Fsp3) is 0.364. The van der Waals surface area contributed by atoms with Gasteiger partial charge in [-0.05, 0) is 18.6 Å². The van der Waals surface area contributed by atoms with E-state index in [0.29, 0.717) is 18.5 Å². The molecule has 1 fully saturated rings. The Morgan fingerprint density at radius 3 is 2.44 bits per heavy atom. The predicted octanol–water partition coefficient (Wildman–Crippen LogP) is 1.13. The van der Waals surface area contributed by atoms with Crippen molar-refractivity contribution in [2.75, 3.05) is 0 Å². The standard InChI is InChI=1S/C11H11NO4/c1-2-6-11(8-5-3-4-7-12-8)15-9(13)10(14)16-11/h3-5,7H,2,6H2,1H3. The minimum Gasteiger partial charge on any atom is -0.408 e. The summed E-state index contributed by atoms with van der Waals surface area (Å²) in [6.45, 7) is 1.91. The smallest absolute Gasteiger partial charge is 0.408 e. The van der Waals surface area contributed by atoms with E-state index in [9.17, 15) is 9.59 Å². The van der Waals surface area contributed by atoms with Crippen LogP contribution in [0, 0.1) is 0 Å². The highest BCUT2D eigenvalue weighted by Gasteiger charge is 2.50. The molecule has 2 heterocycles. The molecule has 1 aliphatic rings. The number of pyridine rings is 1. The Labute approximate surface area is 92.4 Å². The van der Waals surface area contributed by atoms with Crippen LogP contribution < -0.4 is 0 Å². The number of aromatic nitrogens is 1. The van der Waals surface area contributed by atoms with Crippen LogP contribution in [0.15, 0.2) is 24.4 Å². The first-order valence-electron chi connectivity index (χ1n) is 5.06. The van der Waals surface area contributed by atoms with Crippen LogP contribution in [0.3, 0.4) is 0 Å². The van der Waals surface area contributed by atoms with Crippen molar-refractivity contribution in [2.24, 2.45) is 0 Å². The third-order valence-electron chi connectivity index (χ3n) is 2.32. The summed E-state index contributed by atoms with van der Waals surface area (Å²) in [5.74, 6) is -3.25. The van der Waals surface area contributed by atoms with E-state index >= 15 is 0 Å². The second-order valence-electron chi connectivity index (χ2n) is 3.50. The number of nitrogens with zero attached hydrogens (tertiary/aromatic N) is 1. The van der Waals surface area contributed by atoms with E-state index in [4.69, 9.17) is 9.47 Å². The summed E-state index contributed by atoms with van der Waals surface area (Å²) in [5.41, 5.74) is 0.441. The van der Waals surface area contributed by atoms with Gasteiger partial charge < -0.3 is 9.47 Å². The molecule has 1 saturated heterocycles. The monoisotopic (exact) mass is 221 g/mol. The number of rotatable bonds is 3. The maximum Gasteiger partial charge on any atom is 0.421 e. The minimum atomic E-state index is -1.33. The molecule has 0 N–H and O–H groups in total. The molecular weight excluding hydrogens is 210 g/mol. The third kappa shape index (κ3) is 1.64. The van der Waals surface area contributed by atoms with E-state index in [2.05, 4.69) is 4.98 Å². The Bertz CT molecular complexity index is 399. The van der Waals surface area contributed by atoms with Gasteiger partial charge in [0.1, 0.15) is 5.69 Å². The lowest BCUT2D eigenvalue weighted by molar-refractivity contribution is -0.188. The first-order chi connectivity index (χ1) is 7.68. The fourth-order valence-corrected chi connectivity index (χ4v) is 1.66. The number of carbonyl (C=O) groups is 2. The molecule has 0 spiro atoms. The zero-order valence-electron chi connectivity index (χ0n) is 8.80. The van der Waals surface area contributed by atoms with Crippen LogP contribution in [0.5, 0.6) is 0 Å². The lowest BCUT2D eigenvalue weighted by Gasteiger charge is -2.23. The number of hydrogen-bond acceptors (Lipinski definition) is 5. The van der Waals surface area contributed by atoms with Crippen LogP contribution in [-0.4, -0.2) is 16.9 Å². The van der Waals surface area contributed by atoms with Crippen molar-refractivity contribution in [1.29, 1.82) is 0 Å². The van der Waals surface area contributed by atoms with Crippen molar-refractivity contribution >= 4 is 11.9 Å². The van der Waals surface area contributed by atoms with E-state index in [0.717, 1.165) is 0 Å². The van der Waals surface area contributed by atoms with Crippen LogP contribution in [0.2, 0.25) is 0 Å². The lowest BCUT2D eigenvalue weighted by Crippen LogP contribution is -2.28. The summed E-state index contributed by atoms with van der Waals surface area (Å²) in [5, 5.41) is 0. The highest BCUT2D eigenvalue weighted by Crippen LogP contribution is 2.35. The summed E-state index contributed by atoms with van der Waals surface area (Å²) in [7, 11) is 0. The van der Waals surface area contributed by atoms with Crippen LogP contribution >= 0.6 is 0 Å². The first-order valence-corrected chi connectivity index (χ1v) is 5.06. The first kappa shape index (κ1) is 10.6. The van der Waals surface area contributed by atoms with E-state index in [1.807, 2.05) is 6.92 Å². The molecular formula is C11H11NO4. The zero-order valence-corrected chi connectivity index (χ0v) is 8.80. The quantitative estimate of drug-likeness (QED) is 0.565. The minimum absolute atomic E-state index is 0.404. The largest absolute Gasteiger partial charge is 0.421 e. The van der Waals surface area contributed by atoms with Crippen LogP contribution in [-0.2, 0) is 24.8 Å². The van der Waals surface area contributed by atoms with E-state index in [1.54, 1.807) is 24.4 Å². The van der Waals surface area contributed by atoms with Crippen molar-refractivity contribution in [3.05, 3.63) is 30.1 Å². The van der Waals surface area contributed by atoms with Gasteiger partial charge in [-0.25, -0.2) is 9.59 Å². The number of cyclic esters (lactones) is 2. The molecule has 84 valence electrons. The van der Waals surface area contributed by atoms with Crippen LogP contribution in [0.4, 0.5) is 0 Å². The maximum atomic E-state index is 11.1. The molecule has 0 radical (unpaired) electrons. The Morgan fingerprint density at radius 1 is 1.25 bits per heavy atom. The van der Waals surface area contributed by atoms with Gasteiger partial charge in [0.15, 0.2) is 0 Å². The summed E-state index contributed by atoms with van der Waals surface area (Å²) >= 11 is 0. The van der Waals surface area contributed by atoms with Gasteiger partial charge in [0.2, 0.25) is 0 Å². The molecule has 2 rings (SSSR count). The summed E-state index contributed by atoms with van der Waals surface area (Å²) in [6.07, 6.45) is 2.67. The lowest BCUT2D eigenvalue weighted by atomic mass is 10.1. The van der Waals surface area contributed by atoms with Gasteiger partial charge in [-0.15, -0.1) is 0 Å². The average molecular weight is 221 g/mol. The number of ether oxygens (including phenoxy) is 2. The van der Waals surface area contributed by atoms with Crippen LogP contribution in [0.25, 0.3) is 0 Å². The van der Waals surface area contributed by atoms with Gasteiger partial charge in [0.05, 0.1) is 0 Å². The number of hydrogen-bond donors (Lipinski definition) is 0. The Hall–Kier alpha value is -1.91. The topological polar surface area (TPSA) is 65.5 Å². The molecule has 5 heteroatoms.